The van der Waals surface area contributed by atoms with Crippen LogP contribution in [0.25, 0.3) is 10.8 Å². The fraction of sp³-hybridized carbons (Fsp3) is 0.278. The zero-order valence-electron chi connectivity index (χ0n) is 13.7. The van der Waals surface area contributed by atoms with Crippen molar-refractivity contribution >= 4 is 28.7 Å². The van der Waals surface area contributed by atoms with Crippen LogP contribution in [-0.2, 0) is 9.53 Å². The zero-order chi connectivity index (χ0) is 17.5. The van der Waals surface area contributed by atoms with Gasteiger partial charge in [0, 0.05) is 6.54 Å². The normalized spacial score (nSPS) is 10.5. The van der Waals surface area contributed by atoms with Crippen molar-refractivity contribution in [2.75, 3.05) is 13.2 Å². The summed E-state index contributed by atoms with van der Waals surface area (Å²) in [6.45, 7) is 3.81. The molecule has 0 fully saturated rings. The molecular weight excluding hydrogens is 308 g/mol. The quantitative estimate of drug-likeness (QED) is 0.826. The summed E-state index contributed by atoms with van der Waals surface area (Å²) in [5, 5.41) is 6.32. The predicted molar refractivity (Wildman–Crippen MR) is 90.6 cm³/mol. The highest BCUT2D eigenvalue weighted by atomic mass is 16.5. The number of ether oxygens (including phenoxy) is 1. The van der Waals surface area contributed by atoms with Crippen LogP contribution in [0, 0.1) is 5.92 Å². The number of nitrogens with one attached hydrogen (secondary N) is 2. The van der Waals surface area contributed by atoms with E-state index in [9.17, 15) is 14.4 Å². The number of hydrogen-bond donors (Lipinski definition) is 2. The SMILES string of the molecule is CC(C)CNC(=O)NC(=O)COC(=O)c1cccc2ccccc12. The molecule has 0 heterocycles. The van der Waals surface area contributed by atoms with E-state index in [0.29, 0.717) is 12.1 Å². The average Bonchev–Trinajstić information content (AvgIpc) is 2.57. The van der Waals surface area contributed by atoms with Crippen molar-refractivity contribution < 1.29 is 19.1 Å². The van der Waals surface area contributed by atoms with Gasteiger partial charge in [-0.15, -0.1) is 0 Å². The Morgan fingerprint density at radius 2 is 1.75 bits per heavy atom. The van der Waals surface area contributed by atoms with Crippen molar-refractivity contribution in [3.63, 3.8) is 0 Å². The number of urea groups is 1. The maximum absolute atomic E-state index is 12.2. The molecule has 0 radical (unpaired) electrons. The van der Waals surface area contributed by atoms with Crippen LogP contribution in [0.2, 0.25) is 0 Å². The molecule has 0 spiro atoms. The fourth-order valence-electron chi connectivity index (χ4n) is 2.12. The third-order valence-corrected chi connectivity index (χ3v) is 3.27. The van der Waals surface area contributed by atoms with Gasteiger partial charge in [-0.25, -0.2) is 9.59 Å². The summed E-state index contributed by atoms with van der Waals surface area (Å²) in [5.41, 5.74) is 0.380. The van der Waals surface area contributed by atoms with Gasteiger partial charge in [0.25, 0.3) is 5.91 Å². The fourth-order valence-corrected chi connectivity index (χ4v) is 2.12. The molecule has 126 valence electrons. The van der Waals surface area contributed by atoms with Crippen LogP contribution in [0.1, 0.15) is 24.2 Å². The molecule has 6 heteroatoms. The van der Waals surface area contributed by atoms with Crippen molar-refractivity contribution in [1.82, 2.24) is 10.6 Å². The first-order valence-corrected chi connectivity index (χ1v) is 7.70. The van der Waals surface area contributed by atoms with Crippen LogP contribution in [0.15, 0.2) is 42.5 Å². The lowest BCUT2D eigenvalue weighted by Gasteiger charge is -2.09. The molecule has 24 heavy (non-hydrogen) atoms. The van der Waals surface area contributed by atoms with Crippen molar-refractivity contribution in [3.8, 4) is 0 Å². The van der Waals surface area contributed by atoms with E-state index >= 15 is 0 Å². The second-order valence-electron chi connectivity index (χ2n) is 5.75. The first-order valence-electron chi connectivity index (χ1n) is 7.70. The number of esters is 1. The highest BCUT2D eigenvalue weighted by Gasteiger charge is 2.14. The summed E-state index contributed by atoms with van der Waals surface area (Å²) in [6, 6.07) is 12.1. The highest BCUT2D eigenvalue weighted by molar-refractivity contribution is 6.05. The van der Waals surface area contributed by atoms with E-state index in [0.717, 1.165) is 10.8 Å². The van der Waals surface area contributed by atoms with E-state index in [2.05, 4.69) is 10.6 Å². The predicted octanol–water partition coefficient (Wildman–Crippen LogP) is 2.48. The standard InChI is InChI=1S/C18H20N2O4/c1-12(2)10-19-18(23)20-16(21)11-24-17(22)15-9-5-7-13-6-3-4-8-14(13)15/h3-9,12H,10-11H2,1-2H3,(H2,19,20,21,23). The molecule has 0 bridgehead atoms. The first-order chi connectivity index (χ1) is 11.5. The van der Waals surface area contributed by atoms with Crippen LogP contribution < -0.4 is 10.6 Å². The molecule has 0 saturated heterocycles. The Hall–Kier alpha value is -2.89. The lowest BCUT2D eigenvalue weighted by molar-refractivity contribution is -0.123. The van der Waals surface area contributed by atoms with E-state index in [-0.39, 0.29) is 5.92 Å². The number of hydrogen-bond acceptors (Lipinski definition) is 4. The van der Waals surface area contributed by atoms with E-state index in [4.69, 9.17) is 4.74 Å². The lowest BCUT2D eigenvalue weighted by Crippen LogP contribution is -2.42. The topological polar surface area (TPSA) is 84.5 Å². The van der Waals surface area contributed by atoms with Gasteiger partial charge in [-0.05, 0) is 22.8 Å². The van der Waals surface area contributed by atoms with Gasteiger partial charge in [-0.1, -0.05) is 50.2 Å². The van der Waals surface area contributed by atoms with Crippen molar-refractivity contribution in [3.05, 3.63) is 48.0 Å². The van der Waals surface area contributed by atoms with Gasteiger partial charge in [0.1, 0.15) is 0 Å². The Bertz CT molecular complexity index is 750. The van der Waals surface area contributed by atoms with Crippen molar-refractivity contribution in [1.29, 1.82) is 0 Å². The molecule has 0 aliphatic carbocycles. The van der Waals surface area contributed by atoms with Crippen LogP contribution in [0.3, 0.4) is 0 Å². The Labute approximate surface area is 140 Å². The molecule has 0 aliphatic rings. The second kappa shape index (κ2) is 8.10. The minimum atomic E-state index is -0.676. The number of carbonyl (C=O) groups is 3. The van der Waals surface area contributed by atoms with E-state index < -0.39 is 24.5 Å². The van der Waals surface area contributed by atoms with E-state index in [1.807, 2.05) is 44.2 Å². The minimum absolute atomic E-state index is 0.273. The molecule has 0 atom stereocenters. The molecule has 0 unspecified atom stereocenters. The Morgan fingerprint density at radius 3 is 2.50 bits per heavy atom. The summed E-state index contributed by atoms with van der Waals surface area (Å²) in [7, 11) is 0. The number of benzene rings is 2. The molecule has 2 rings (SSSR count). The molecule has 0 aliphatic heterocycles. The Kier molecular flexibility index (Phi) is 5.89. The first kappa shape index (κ1) is 17.5. The maximum Gasteiger partial charge on any atom is 0.339 e. The molecule has 6 nitrogen and oxygen atoms in total. The summed E-state index contributed by atoms with van der Waals surface area (Å²) in [6.07, 6.45) is 0. The van der Waals surface area contributed by atoms with Crippen molar-refractivity contribution in [2.24, 2.45) is 5.92 Å². The van der Waals surface area contributed by atoms with Gasteiger partial charge in [0.05, 0.1) is 5.56 Å². The number of rotatable bonds is 5. The lowest BCUT2D eigenvalue weighted by atomic mass is 10.1. The summed E-state index contributed by atoms with van der Waals surface area (Å²) < 4.78 is 4.99. The highest BCUT2D eigenvalue weighted by Crippen LogP contribution is 2.19. The van der Waals surface area contributed by atoms with Crippen LogP contribution in [-0.4, -0.2) is 31.1 Å². The second-order valence-corrected chi connectivity index (χ2v) is 5.75. The van der Waals surface area contributed by atoms with Crippen LogP contribution in [0.5, 0.6) is 0 Å². The Morgan fingerprint density at radius 1 is 1.04 bits per heavy atom. The third-order valence-electron chi connectivity index (χ3n) is 3.27. The van der Waals surface area contributed by atoms with Crippen molar-refractivity contribution in [2.45, 2.75) is 13.8 Å². The minimum Gasteiger partial charge on any atom is -0.452 e. The number of carbonyl (C=O) groups excluding carboxylic acids is 3. The van der Waals surface area contributed by atoms with Gasteiger partial charge < -0.3 is 10.1 Å². The summed E-state index contributed by atoms with van der Waals surface area (Å²) in [4.78, 5) is 35.3. The summed E-state index contributed by atoms with van der Waals surface area (Å²) >= 11 is 0. The molecule has 0 saturated carbocycles. The largest absolute Gasteiger partial charge is 0.452 e. The molecule has 3 amide bonds. The van der Waals surface area contributed by atoms with E-state index in [1.54, 1.807) is 12.1 Å². The summed E-state index contributed by atoms with van der Waals surface area (Å²) in [5.74, 6) is -1.01. The van der Waals surface area contributed by atoms with Gasteiger partial charge in [0.15, 0.2) is 6.61 Å². The van der Waals surface area contributed by atoms with Gasteiger partial charge in [0.2, 0.25) is 0 Å². The number of imide groups is 1. The van der Waals surface area contributed by atoms with Gasteiger partial charge in [-0.2, -0.15) is 0 Å². The third kappa shape index (κ3) is 4.81. The molecule has 2 aromatic carbocycles. The molecule has 2 aromatic rings. The smallest absolute Gasteiger partial charge is 0.339 e. The monoisotopic (exact) mass is 328 g/mol. The zero-order valence-corrected chi connectivity index (χ0v) is 13.7. The number of amides is 3. The molecular formula is C18H20N2O4. The molecule has 2 N–H and O–H groups in total. The van der Waals surface area contributed by atoms with Crippen LogP contribution >= 0.6 is 0 Å². The number of fused-ring (bicyclic) bond motifs is 1. The Balaban J connectivity index is 1.90. The molecule has 0 aromatic heterocycles. The van der Waals surface area contributed by atoms with E-state index in [1.165, 1.54) is 0 Å². The van der Waals surface area contributed by atoms with Gasteiger partial charge >= 0.3 is 12.0 Å². The average molecular weight is 328 g/mol. The van der Waals surface area contributed by atoms with Gasteiger partial charge in [-0.3, -0.25) is 10.1 Å². The van der Waals surface area contributed by atoms with Crippen LogP contribution in [0.4, 0.5) is 4.79 Å². The maximum atomic E-state index is 12.2.